The standard InChI is InChI=1S/C9H6FNO3/c1-6(10)9(12)7-2-4-8(5-3-7)11(13)14/h2-5H,1H2. The van der Waals surface area contributed by atoms with Gasteiger partial charge in [-0.05, 0) is 12.1 Å². The molecule has 1 aromatic carbocycles. The maximum absolute atomic E-state index is 12.4. The van der Waals surface area contributed by atoms with Gasteiger partial charge < -0.3 is 0 Å². The molecule has 0 saturated carbocycles. The van der Waals surface area contributed by atoms with E-state index in [1.54, 1.807) is 0 Å². The van der Waals surface area contributed by atoms with Gasteiger partial charge in [0.1, 0.15) is 0 Å². The number of benzene rings is 1. The van der Waals surface area contributed by atoms with E-state index in [0.717, 1.165) is 12.1 Å². The van der Waals surface area contributed by atoms with Crippen molar-refractivity contribution in [2.75, 3.05) is 0 Å². The largest absolute Gasteiger partial charge is 0.286 e. The minimum atomic E-state index is -1.08. The summed E-state index contributed by atoms with van der Waals surface area (Å²) in [5.74, 6) is -1.95. The van der Waals surface area contributed by atoms with E-state index in [-0.39, 0.29) is 11.3 Å². The number of halogens is 1. The monoisotopic (exact) mass is 195 g/mol. The van der Waals surface area contributed by atoms with Crippen molar-refractivity contribution in [2.24, 2.45) is 0 Å². The molecule has 5 heteroatoms. The Kier molecular flexibility index (Phi) is 2.71. The van der Waals surface area contributed by atoms with Gasteiger partial charge in [0.05, 0.1) is 4.92 Å². The number of carbonyl (C=O) groups excluding carboxylic acids is 1. The second kappa shape index (κ2) is 3.78. The SMILES string of the molecule is C=C(F)C(=O)c1ccc([N+](=O)[O-])cc1. The lowest BCUT2D eigenvalue weighted by atomic mass is 10.1. The summed E-state index contributed by atoms with van der Waals surface area (Å²) in [6, 6.07) is 4.64. The van der Waals surface area contributed by atoms with E-state index in [1.807, 2.05) is 0 Å². The molecule has 0 fully saturated rings. The van der Waals surface area contributed by atoms with E-state index < -0.39 is 16.5 Å². The average Bonchev–Trinajstić information content (AvgIpc) is 2.16. The summed E-state index contributed by atoms with van der Waals surface area (Å²) < 4.78 is 12.4. The van der Waals surface area contributed by atoms with Gasteiger partial charge in [-0.15, -0.1) is 0 Å². The molecule has 0 saturated heterocycles. The first-order valence-corrected chi connectivity index (χ1v) is 3.66. The topological polar surface area (TPSA) is 60.2 Å². The van der Waals surface area contributed by atoms with Crippen molar-refractivity contribution < 1.29 is 14.1 Å². The van der Waals surface area contributed by atoms with Crippen LogP contribution in [-0.2, 0) is 0 Å². The van der Waals surface area contributed by atoms with Crippen molar-refractivity contribution in [3.05, 3.63) is 52.3 Å². The zero-order valence-corrected chi connectivity index (χ0v) is 7.07. The maximum Gasteiger partial charge on any atom is 0.269 e. The molecule has 0 N–H and O–H groups in total. The summed E-state index contributed by atoms with van der Waals surface area (Å²) in [5, 5.41) is 10.2. The van der Waals surface area contributed by atoms with Crippen LogP contribution in [0.1, 0.15) is 10.4 Å². The van der Waals surface area contributed by atoms with Crippen molar-refractivity contribution in [3.63, 3.8) is 0 Å². The van der Waals surface area contributed by atoms with E-state index in [4.69, 9.17) is 0 Å². The Labute approximate surface area is 78.8 Å². The third kappa shape index (κ3) is 2.01. The Morgan fingerprint density at radius 2 is 1.86 bits per heavy atom. The number of nitro benzene ring substituents is 1. The van der Waals surface area contributed by atoms with Crippen LogP contribution >= 0.6 is 0 Å². The minimum absolute atomic E-state index is 0.0445. The van der Waals surface area contributed by atoms with Crippen molar-refractivity contribution >= 4 is 11.5 Å². The molecule has 14 heavy (non-hydrogen) atoms. The lowest BCUT2D eigenvalue weighted by molar-refractivity contribution is -0.384. The fraction of sp³-hybridized carbons (Fsp3) is 0. The molecule has 0 heterocycles. The lowest BCUT2D eigenvalue weighted by Crippen LogP contribution is -1.98. The van der Waals surface area contributed by atoms with Crippen LogP contribution in [0.3, 0.4) is 0 Å². The first kappa shape index (κ1) is 10.0. The Morgan fingerprint density at radius 3 is 2.21 bits per heavy atom. The number of ketones is 1. The van der Waals surface area contributed by atoms with E-state index in [2.05, 4.69) is 6.58 Å². The number of carbonyl (C=O) groups is 1. The Hall–Kier alpha value is -2.04. The maximum atomic E-state index is 12.4. The van der Waals surface area contributed by atoms with Crippen molar-refractivity contribution in [1.82, 2.24) is 0 Å². The summed E-state index contributed by atoms with van der Waals surface area (Å²) in [6.45, 7) is 2.84. The van der Waals surface area contributed by atoms with E-state index >= 15 is 0 Å². The number of hydrogen-bond acceptors (Lipinski definition) is 3. The molecule has 1 aromatic rings. The molecular weight excluding hydrogens is 189 g/mol. The molecule has 0 bridgehead atoms. The van der Waals surface area contributed by atoms with E-state index in [9.17, 15) is 19.3 Å². The molecule has 0 unspecified atom stereocenters. The predicted octanol–water partition coefficient (Wildman–Crippen LogP) is 2.26. The van der Waals surface area contributed by atoms with Gasteiger partial charge in [-0.3, -0.25) is 14.9 Å². The Morgan fingerprint density at radius 1 is 1.36 bits per heavy atom. The van der Waals surface area contributed by atoms with Gasteiger partial charge in [0.2, 0.25) is 5.78 Å². The number of rotatable bonds is 3. The molecule has 72 valence electrons. The number of hydrogen-bond donors (Lipinski definition) is 0. The highest BCUT2D eigenvalue weighted by atomic mass is 19.1. The van der Waals surface area contributed by atoms with Gasteiger partial charge in [-0.1, -0.05) is 6.58 Å². The van der Waals surface area contributed by atoms with Gasteiger partial charge in [-0.2, -0.15) is 0 Å². The molecule has 0 aromatic heterocycles. The Balaban J connectivity index is 3.00. The third-order valence-corrected chi connectivity index (χ3v) is 1.59. The molecule has 0 aliphatic rings. The number of allylic oxidation sites excluding steroid dienone is 1. The van der Waals surface area contributed by atoms with Crippen LogP contribution in [-0.4, -0.2) is 10.7 Å². The van der Waals surface area contributed by atoms with Gasteiger partial charge in [0.15, 0.2) is 5.83 Å². The van der Waals surface area contributed by atoms with Crippen LogP contribution in [0.15, 0.2) is 36.7 Å². The van der Waals surface area contributed by atoms with Crippen LogP contribution < -0.4 is 0 Å². The fourth-order valence-corrected chi connectivity index (χ4v) is 0.891. The molecular formula is C9H6FNO3. The van der Waals surface area contributed by atoms with Crippen LogP contribution in [0, 0.1) is 10.1 Å². The van der Waals surface area contributed by atoms with Gasteiger partial charge in [0.25, 0.3) is 5.69 Å². The minimum Gasteiger partial charge on any atom is -0.286 e. The highest BCUT2D eigenvalue weighted by molar-refractivity contribution is 6.06. The quantitative estimate of drug-likeness (QED) is 0.321. The molecule has 0 amide bonds. The van der Waals surface area contributed by atoms with Gasteiger partial charge >= 0.3 is 0 Å². The van der Waals surface area contributed by atoms with Crippen LogP contribution in [0.25, 0.3) is 0 Å². The van der Waals surface area contributed by atoms with Crippen molar-refractivity contribution in [3.8, 4) is 0 Å². The molecule has 0 atom stereocenters. The van der Waals surface area contributed by atoms with Crippen molar-refractivity contribution in [1.29, 1.82) is 0 Å². The molecule has 1 rings (SSSR count). The predicted molar refractivity (Wildman–Crippen MR) is 47.7 cm³/mol. The number of nitrogens with zero attached hydrogens (tertiary/aromatic N) is 1. The van der Waals surface area contributed by atoms with Crippen LogP contribution in [0.4, 0.5) is 10.1 Å². The molecule has 0 aliphatic carbocycles. The number of nitro groups is 1. The normalized spacial score (nSPS) is 9.50. The molecule has 4 nitrogen and oxygen atoms in total. The average molecular weight is 195 g/mol. The fourth-order valence-electron chi connectivity index (χ4n) is 0.891. The van der Waals surface area contributed by atoms with E-state index in [1.165, 1.54) is 12.1 Å². The zero-order valence-electron chi connectivity index (χ0n) is 7.07. The molecule has 0 aliphatic heterocycles. The smallest absolute Gasteiger partial charge is 0.269 e. The highest BCUT2D eigenvalue weighted by Gasteiger charge is 2.11. The zero-order chi connectivity index (χ0) is 10.7. The summed E-state index contributed by atoms with van der Waals surface area (Å²) in [5.41, 5.74) is -0.103. The van der Waals surface area contributed by atoms with Crippen LogP contribution in [0.2, 0.25) is 0 Å². The van der Waals surface area contributed by atoms with Crippen molar-refractivity contribution in [2.45, 2.75) is 0 Å². The van der Waals surface area contributed by atoms with Gasteiger partial charge in [-0.25, -0.2) is 4.39 Å². The molecule has 0 spiro atoms. The highest BCUT2D eigenvalue weighted by Crippen LogP contribution is 2.14. The molecule has 0 radical (unpaired) electrons. The van der Waals surface area contributed by atoms with E-state index in [0.29, 0.717) is 0 Å². The number of non-ortho nitro benzene ring substituents is 1. The summed E-state index contributed by atoms with van der Waals surface area (Å²) >= 11 is 0. The summed E-state index contributed by atoms with van der Waals surface area (Å²) in [7, 11) is 0. The Bertz CT molecular complexity index is 397. The first-order valence-electron chi connectivity index (χ1n) is 3.66. The van der Waals surface area contributed by atoms with Gasteiger partial charge in [0, 0.05) is 17.7 Å². The summed E-state index contributed by atoms with van der Waals surface area (Å²) in [4.78, 5) is 20.6. The first-order chi connectivity index (χ1) is 6.52. The number of Topliss-reactive ketones (excluding diaryl/α,β-unsaturated/α-hetero) is 1. The summed E-state index contributed by atoms with van der Waals surface area (Å²) in [6.07, 6.45) is 0. The van der Waals surface area contributed by atoms with Crippen LogP contribution in [0.5, 0.6) is 0 Å². The second-order valence-electron chi connectivity index (χ2n) is 2.54. The second-order valence-corrected chi connectivity index (χ2v) is 2.54. The third-order valence-electron chi connectivity index (χ3n) is 1.59. The lowest BCUT2D eigenvalue weighted by Gasteiger charge is -1.96.